The summed E-state index contributed by atoms with van der Waals surface area (Å²) in [5, 5.41) is 0.762. The lowest BCUT2D eigenvalue weighted by Gasteiger charge is -2.07. The molecular formula is C18H13BrO4. The molecule has 1 aromatic heterocycles. The second-order valence-electron chi connectivity index (χ2n) is 5.20. The van der Waals surface area contributed by atoms with Crippen molar-refractivity contribution in [3.63, 3.8) is 0 Å². The Hall–Kier alpha value is -2.40. The zero-order chi connectivity index (χ0) is 16.6. The molecule has 0 radical (unpaired) electrons. The Bertz CT molecular complexity index is 972. The molecule has 3 aromatic rings. The second kappa shape index (κ2) is 6.01. The largest absolute Gasteiger partial charge is 0.427 e. The summed E-state index contributed by atoms with van der Waals surface area (Å²) in [6, 6.07) is 12.5. The van der Waals surface area contributed by atoms with Crippen molar-refractivity contribution in [2.45, 2.75) is 13.8 Å². The van der Waals surface area contributed by atoms with Gasteiger partial charge in [-0.15, -0.1) is 0 Å². The Morgan fingerprint density at radius 3 is 2.57 bits per heavy atom. The third kappa shape index (κ3) is 3.19. The number of hydrogen-bond donors (Lipinski definition) is 0. The van der Waals surface area contributed by atoms with E-state index in [9.17, 15) is 9.59 Å². The highest BCUT2D eigenvalue weighted by Crippen LogP contribution is 2.27. The van der Waals surface area contributed by atoms with Crippen LogP contribution in [0.5, 0.6) is 5.75 Å². The van der Waals surface area contributed by atoms with Gasteiger partial charge in [-0.3, -0.25) is 4.79 Å². The van der Waals surface area contributed by atoms with E-state index in [1.54, 1.807) is 18.2 Å². The van der Waals surface area contributed by atoms with E-state index < -0.39 is 11.6 Å². The summed E-state index contributed by atoms with van der Waals surface area (Å²) in [7, 11) is 0. The number of carbonyl (C=O) groups is 1. The van der Waals surface area contributed by atoms with Gasteiger partial charge in [-0.05, 0) is 48.4 Å². The minimum Gasteiger partial charge on any atom is -0.427 e. The fourth-order valence-corrected chi connectivity index (χ4v) is 2.91. The first kappa shape index (κ1) is 15.5. The maximum absolute atomic E-state index is 12.3. The standard InChI is InChI=1S/C18H13BrO4/c1-10-7-13(19)4-6-15(10)16-8-12-3-5-14(22-11(2)20)9-17(12)23-18(16)21/h3-9H,1-2H3. The van der Waals surface area contributed by atoms with Crippen LogP contribution in [-0.4, -0.2) is 5.97 Å². The zero-order valence-corrected chi connectivity index (χ0v) is 14.1. The van der Waals surface area contributed by atoms with Gasteiger partial charge in [-0.2, -0.15) is 0 Å². The molecule has 23 heavy (non-hydrogen) atoms. The lowest BCUT2D eigenvalue weighted by Crippen LogP contribution is -2.04. The Morgan fingerprint density at radius 1 is 1.09 bits per heavy atom. The van der Waals surface area contributed by atoms with Crippen LogP contribution in [0, 0.1) is 6.92 Å². The topological polar surface area (TPSA) is 56.5 Å². The molecule has 0 saturated heterocycles. The quantitative estimate of drug-likeness (QED) is 0.378. The normalized spacial score (nSPS) is 10.7. The molecule has 0 atom stereocenters. The van der Waals surface area contributed by atoms with E-state index in [0.717, 1.165) is 21.0 Å². The number of carbonyl (C=O) groups excluding carboxylic acids is 1. The molecule has 116 valence electrons. The highest BCUT2D eigenvalue weighted by atomic mass is 79.9. The van der Waals surface area contributed by atoms with Crippen molar-refractivity contribution in [1.29, 1.82) is 0 Å². The fraction of sp³-hybridized carbons (Fsp3) is 0.111. The van der Waals surface area contributed by atoms with Crippen molar-refractivity contribution in [2.75, 3.05) is 0 Å². The van der Waals surface area contributed by atoms with Gasteiger partial charge in [0.25, 0.3) is 0 Å². The number of benzene rings is 2. The molecule has 0 aliphatic rings. The van der Waals surface area contributed by atoms with Gasteiger partial charge in [0.15, 0.2) is 0 Å². The summed E-state index contributed by atoms with van der Waals surface area (Å²) in [6.07, 6.45) is 0. The van der Waals surface area contributed by atoms with E-state index in [4.69, 9.17) is 9.15 Å². The van der Waals surface area contributed by atoms with Crippen molar-refractivity contribution in [2.24, 2.45) is 0 Å². The van der Waals surface area contributed by atoms with Crippen molar-refractivity contribution in [3.8, 4) is 16.9 Å². The molecule has 3 rings (SSSR count). The van der Waals surface area contributed by atoms with Crippen molar-refractivity contribution >= 4 is 32.9 Å². The van der Waals surface area contributed by atoms with Gasteiger partial charge in [0.1, 0.15) is 11.3 Å². The molecule has 0 aliphatic carbocycles. The first-order chi connectivity index (χ1) is 10.9. The van der Waals surface area contributed by atoms with Gasteiger partial charge in [-0.1, -0.05) is 22.0 Å². The summed E-state index contributed by atoms with van der Waals surface area (Å²) in [6.45, 7) is 3.26. The van der Waals surface area contributed by atoms with E-state index in [-0.39, 0.29) is 0 Å². The fourth-order valence-electron chi connectivity index (χ4n) is 2.44. The van der Waals surface area contributed by atoms with Crippen LogP contribution in [-0.2, 0) is 4.79 Å². The Morgan fingerprint density at radius 2 is 1.87 bits per heavy atom. The minimum atomic E-state index is -0.428. The van der Waals surface area contributed by atoms with E-state index in [0.29, 0.717) is 16.9 Å². The van der Waals surface area contributed by atoms with Gasteiger partial charge in [0, 0.05) is 22.8 Å². The highest BCUT2D eigenvalue weighted by molar-refractivity contribution is 9.10. The van der Waals surface area contributed by atoms with Crippen molar-refractivity contribution < 1.29 is 13.9 Å². The van der Waals surface area contributed by atoms with Crippen molar-refractivity contribution in [3.05, 3.63) is 62.9 Å². The lowest BCUT2D eigenvalue weighted by molar-refractivity contribution is -0.131. The minimum absolute atomic E-state index is 0.348. The predicted octanol–water partition coefficient (Wildman–Crippen LogP) is 4.46. The number of esters is 1. The Kier molecular flexibility index (Phi) is 4.05. The number of aryl methyl sites for hydroxylation is 1. The van der Waals surface area contributed by atoms with Gasteiger partial charge < -0.3 is 9.15 Å². The average molecular weight is 373 g/mol. The van der Waals surface area contributed by atoms with Crippen LogP contribution in [0.2, 0.25) is 0 Å². The monoisotopic (exact) mass is 372 g/mol. The molecule has 0 bridgehead atoms. The summed E-state index contributed by atoms with van der Waals surface area (Å²) >= 11 is 3.41. The summed E-state index contributed by atoms with van der Waals surface area (Å²) in [4.78, 5) is 23.3. The van der Waals surface area contributed by atoms with E-state index >= 15 is 0 Å². The Balaban J connectivity index is 2.15. The molecule has 2 aromatic carbocycles. The maximum atomic E-state index is 12.3. The Labute approximate surface area is 140 Å². The summed E-state index contributed by atoms with van der Waals surface area (Å²) in [5.41, 5.74) is 2.26. The van der Waals surface area contributed by atoms with Gasteiger partial charge in [0.05, 0.1) is 5.56 Å². The molecule has 0 saturated carbocycles. The number of rotatable bonds is 2. The number of ether oxygens (including phenoxy) is 1. The molecule has 4 nitrogen and oxygen atoms in total. The third-order valence-corrected chi connectivity index (χ3v) is 3.94. The number of fused-ring (bicyclic) bond motifs is 1. The second-order valence-corrected chi connectivity index (χ2v) is 6.12. The van der Waals surface area contributed by atoms with Crippen LogP contribution in [0.25, 0.3) is 22.1 Å². The summed E-state index contributed by atoms with van der Waals surface area (Å²) in [5.74, 6) is -0.0745. The van der Waals surface area contributed by atoms with Gasteiger partial charge >= 0.3 is 11.6 Å². The van der Waals surface area contributed by atoms with Crippen molar-refractivity contribution in [1.82, 2.24) is 0 Å². The van der Waals surface area contributed by atoms with Crippen LogP contribution in [0.1, 0.15) is 12.5 Å². The molecular weight excluding hydrogens is 360 g/mol. The van der Waals surface area contributed by atoms with Crippen LogP contribution in [0.3, 0.4) is 0 Å². The molecule has 0 aliphatic heterocycles. The van der Waals surface area contributed by atoms with Crippen LogP contribution >= 0.6 is 15.9 Å². The highest BCUT2D eigenvalue weighted by Gasteiger charge is 2.11. The number of hydrogen-bond acceptors (Lipinski definition) is 4. The third-order valence-electron chi connectivity index (χ3n) is 3.45. The predicted molar refractivity (Wildman–Crippen MR) is 91.7 cm³/mol. The molecule has 0 fully saturated rings. The molecule has 0 spiro atoms. The number of halogens is 1. The molecule has 0 unspecified atom stereocenters. The molecule has 5 heteroatoms. The maximum Gasteiger partial charge on any atom is 0.344 e. The SMILES string of the molecule is CC(=O)Oc1ccc2cc(-c3ccc(Br)cc3C)c(=O)oc2c1. The van der Waals surface area contributed by atoms with E-state index in [1.165, 1.54) is 13.0 Å². The summed E-state index contributed by atoms with van der Waals surface area (Å²) < 4.78 is 11.4. The molecule has 0 amide bonds. The molecule has 1 heterocycles. The first-order valence-electron chi connectivity index (χ1n) is 6.97. The van der Waals surface area contributed by atoms with E-state index in [1.807, 2.05) is 25.1 Å². The van der Waals surface area contributed by atoms with Crippen LogP contribution < -0.4 is 10.4 Å². The smallest absolute Gasteiger partial charge is 0.344 e. The first-order valence-corrected chi connectivity index (χ1v) is 7.76. The van der Waals surface area contributed by atoms with Crippen LogP contribution in [0.4, 0.5) is 0 Å². The lowest BCUT2D eigenvalue weighted by atomic mass is 10.0. The average Bonchev–Trinajstić information content (AvgIpc) is 2.46. The van der Waals surface area contributed by atoms with Crippen LogP contribution in [0.15, 0.2) is 56.1 Å². The molecule has 0 N–H and O–H groups in total. The zero-order valence-electron chi connectivity index (χ0n) is 12.6. The van der Waals surface area contributed by atoms with Gasteiger partial charge in [0.2, 0.25) is 0 Å². The van der Waals surface area contributed by atoms with E-state index in [2.05, 4.69) is 15.9 Å². The van der Waals surface area contributed by atoms with Gasteiger partial charge in [-0.25, -0.2) is 4.79 Å².